The van der Waals surface area contributed by atoms with Crippen molar-refractivity contribution < 1.29 is 9.53 Å². The molecule has 1 fully saturated rings. The van der Waals surface area contributed by atoms with Crippen LogP contribution in [0.15, 0.2) is 53.6 Å². The first kappa shape index (κ1) is 19.3. The van der Waals surface area contributed by atoms with Gasteiger partial charge in [-0.05, 0) is 38.1 Å². The Labute approximate surface area is 177 Å². The van der Waals surface area contributed by atoms with Crippen molar-refractivity contribution in [3.05, 3.63) is 64.7 Å². The van der Waals surface area contributed by atoms with E-state index in [1.54, 1.807) is 28.9 Å². The van der Waals surface area contributed by atoms with E-state index in [1.165, 1.54) is 6.20 Å². The highest BCUT2D eigenvalue weighted by atomic mass is 16.5. The molecule has 1 amide bonds. The summed E-state index contributed by atoms with van der Waals surface area (Å²) in [6, 6.07) is 10.8. The van der Waals surface area contributed by atoms with Gasteiger partial charge in [-0.2, -0.15) is 5.10 Å². The van der Waals surface area contributed by atoms with Crippen LogP contribution in [0.25, 0.3) is 16.6 Å². The van der Waals surface area contributed by atoms with Gasteiger partial charge in [-0.25, -0.2) is 9.50 Å². The van der Waals surface area contributed by atoms with E-state index < -0.39 is 0 Å². The number of aromatic nitrogens is 4. The van der Waals surface area contributed by atoms with Crippen LogP contribution in [0.1, 0.15) is 24.2 Å². The van der Waals surface area contributed by atoms with E-state index in [1.807, 2.05) is 32.0 Å². The maximum atomic E-state index is 12.9. The second kappa shape index (κ2) is 7.51. The molecule has 2 N–H and O–H groups in total. The molecule has 1 aliphatic heterocycles. The van der Waals surface area contributed by atoms with Crippen LogP contribution in [-0.2, 0) is 4.74 Å². The average molecular weight is 418 g/mol. The van der Waals surface area contributed by atoms with Crippen LogP contribution in [0.3, 0.4) is 0 Å². The quantitative estimate of drug-likeness (QED) is 0.530. The van der Waals surface area contributed by atoms with Crippen LogP contribution in [0.2, 0.25) is 0 Å². The molecule has 0 spiro atoms. The number of morpholine rings is 1. The van der Waals surface area contributed by atoms with E-state index >= 15 is 0 Å². The predicted molar refractivity (Wildman–Crippen MR) is 118 cm³/mol. The molecule has 4 aromatic rings. The summed E-state index contributed by atoms with van der Waals surface area (Å²) in [6.07, 6.45) is 3.35. The van der Waals surface area contributed by atoms with Gasteiger partial charge in [-0.3, -0.25) is 9.59 Å². The summed E-state index contributed by atoms with van der Waals surface area (Å²) in [5, 5.41) is 7.63. The fourth-order valence-electron chi connectivity index (χ4n) is 4.05. The molecule has 1 aromatic carbocycles. The smallest absolute Gasteiger partial charge is 0.261 e. The lowest BCUT2D eigenvalue weighted by Gasteiger charge is -2.36. The van der Waals surface area contributed by atoms with Gasteiger partial charge in [0.25, 0.3) is 11.5 Å². The van der Waals surface area contributed by atoms with Crippen molar-refractivity contribution in [1.29, 1.82) is 0 Å². The van der Waals surface area contributed by atoms with Crippen molar-refractivity contribution in [1.82, 2.24) is 19.6 Å². The topological polar surface area (TPSA) is 105 Å². The van der Waals surface area contributed by atoms with Gasteiger partial charge in [0.15, 0.2) is 0 Å². The molecule has 0 radical (unpaired) electrons. The number of nitrogens with zero attached hydrogens (tertiary/aromatic N) is 4. The monoisotopic (exact) mass is 418 g/mol. The summed E-state index contributed by atoms with van der Waals surface area (Å²) in [7, 11) is 0. The average Bonchev–Trinajstić information content (AvgIpc) is 3.18. The second-order valence-corrected chi connectivity index (χ2v) is 7.81. The number of hydrogen-bond donors (Lipinski definition) is 2. The molecule has 31 heavy (non-hydrogen) atoms. The number of ether oxygens (including phenoxy) is 1. The van der Waals surface area contributed by atoms with Gasteiger partial charge in [0.1, 0.15) is 17.0 Å². The van der Waals surface area contributed by atoms with Crippen LogP contribution in [-0.4, -0.2) is 50.8 Å². The van der Waals surface area contributed by atoms with Crippen molar-refractivity contribution in [2.45, 2.75) is 26.1 Å². The van der Waals surface area contributed by atoms with Crippen molar-refractivity contribution in [3.8, 4) is 0 Å². The summed E-state index contributed by atoms with van der Waals surface area (Å²) >= 11 is 0. The predicted octanol–water partition coefficient (Wildman–Crippen LogP) is 2.44. The highest BCUT2D eigenvalue weighted by molar-refractivity contribution is 6.08. The van der Waals surface area contributed by atoms with Crippen molar-refractivity contribution in [2.24, 2.45) is 0 Å². The summed E-state index contributed by atoms with van der Waals surface area (Å²) in [5.41, 5.74) is 1.56. The number of pyridine rings is 1. The Morgan fingerprint density at radius 1 is 1.13 bits per heavy atom. The number of benzene rings is 1. The number of hydrogen-bond acceptors (Lipinski definition) is 6. The first-order chi connectivity index (χ1) is 15.0. The zero-order valence-corrected chi connectivity index (χ0v) is 17.2. The molecule has 1 saturated heterocycles. The van der Waals surface area contributed by atoms with Crippen LogP contribution in [0.5, 0.6) is 0 Å². The summed E-state index contributed by atoms with van der Waals surface area (Å²) in [6.45, 7) is 5.63. The first-order valence-electron chi connectivity index (χ1n) is 10.2. The van der Waals surface area contributed by atoms with E-state index in [-0.39, 0.29) is 29.2 Å². The van der Waals surface area contributed by atoms with Gasteiger partial charge in [-0.1, -0.05) is 12.1 Å². The fourth-order valence-corrected chi connectivity index (χ4v) is 4.05. The van der Waals surface area contributed by atoms with E-state index in [0.29, 0.717) is 22.2 Å². The van der Waals surface area contributed by atoms with E-state index in [4.69, 9.17) is 4.74 Å². The molecule has 0 bridgehead atoms. The minimum Gasteiger partial charge on any atom is -0.372 e. The number of carbonyl (C=O) groups is 1. The van der Waals surface area contributed by atoms with Crippen molar-refractivity contribution >= 4 is 34.0 Å². The number of nitrogens with one attached hydrogen (secondary N) is 2. The largest absolute Gasteiger partial charge is 0.372 e. The molecule has 0 aliphatic carbocycles. The lowest BCUT2D eigenvalue weighted by atomic mass is 10.2. The van der Waals surface area contributed by atoms with Crippen molar-refractivity contribution in [2.75, 3.05) is 23.3 Å². The number of para-hydroxylation sites is 1. The molecule has 5 rings (SSSR count). The molecule has 1 aliphatic rings. The van der Waals surface area contributed by atoms with E-state index in [2.05, 4.69) is 25.3 Å². The normalized spacial score (nSPS) is 19.1. The molecule has 0 saturated carbocycles. The Hall–Kier alpha value is -3.72. The van der Waals surface area contributed by atoms with Crippen LogP contribution in [0.4, 0.5) is 11.5 Å². The molecular formula is C22H22N6O3. The Morgan fingerprint density at radius 3 is 2.65 bits per heavy atom. The number of amides is 1. The van der Waals surface area contributed by atoms with Crippen LogP contribution < -0.4 is 15.8 Å². The molecule has 158 valence electrons. The number of fused-ring (bicyclic) bond motifs is 3. The number of anilines is 2. The van der Waals surface area contributed by atoms with Gasteiger partial charge in [-0.15, -0.1) is 0 Å². The van der Waals surface area contributed by atoms with Gasteiger partial charge < -0.3 is 19.9 Å². The molecule has 9 nitrogen and oxygen atoms in total. The van der Waals surface area contributed by atoms with Crippen LogP contribution >= 0.6 is 0 Å². The summed E-state index contributed by atoms with van der Waals surface area (Å²) in [5.74, 6) is 0.468. The number of carbonyl (C=O) groups excluding carboxylic acids is 1. The molecule has 4 heterocycles. The van der Waals surface area contributed by atoms with Gasteiger partial charge in [0.2, 0.25) is 0 Å². The lowest BCUT2D eigenvalue weighted by Crippen LogP contribution is -2.45. The summed E-state index contributed by atoms with van der Waals surface area (Å²) in [4.78, 5) is 34.7. The third kappa shape index (κ3) is 3.53. The maximum Gasteiger partial charge on any atom is 0.261 e. The molecule has 2 unspecified atom stereocenters. The highest BCUT2D eigenvalue weighted by Crippen LogP contribution is 2.21. The Morgan fingerprint density at radius 2 is 1.90 bits per heavy atom. The first-order valence-corrected chi connectivity index (χ1v) is 10.2. The fraction of sp³-hybridized carbons (Fsp3) is 0.273. The van der Waals surface area contributed by atoms with Gasteiger partial charge >= 0.3 is 0 Å². The number of rotatable bonds is 3. The maximum absolute atomic E-state index is 12.9. The number of H-pyrrole nitrogens is 1. The molecule has 2 atom stereocenters. The number of aromatic amines is 1. The van der Waals surface area contributed by atoms with Crippen molar-refractivity contribution in [3.63, 3.8) is 0 Å². The third-order valence-corrected chi connectivity index (χ3v) is 5.37. The summed E-state index contributed by atoms with van der Waals surface area (Å²) < 4.78 is 7.33. The van der Waals surface area contributed by atoms with Crippen LogP contribution in [0, 0.1) is 0 Å². The zero-order chi connectivity index (χ0) is 21.5. The Kier molecular flexibility index (Phi) is 4.67. The van der Waals surface area contributed by atoms with E-state index in [9.17, 15) is 9.59 Å². The Bertz CT molecular complexity index is 1320. The minimum absolute atomic E-state index is 0.138. The Balaban J connectivity index is 1.39. The lowest BCUT2D eigenvalue weighted by molar-refractivity contribution is -0.00545. The molecule has 9 heteroatoms. The highest BCUT2D eigenvalue weighted by Gasteiger charge is 2.23. The van der Waals surface area contributed by atoms with Gasteiger partial charge in [0.05, 0.1) is 41.2 Å². The SMILES string of the molecule is CC1CN(c2ccc(NC(=O)c3cnn4c3[nH]c(=O)c3ccccc34)cn2)CC(C)O1. The standard InChI is InChI=1S/C22H22N6O3/c1-13-11-27(12-14(2)31-13)19-8-7-15(9-23-19)25-22(30)17-10-24-28-18-6-4-3-5-16(18)21(29)26-20(17)28/h3-10,13-14H,11-12H2,1-2H3,(H,25,30)(H,26,29). The minimum atomic E-state index is -0.371. The third-order valence-electron chi connectivity index (χ3n) is 5.37. The zero-order valence-electron chi connectivity index (χ0n) is 17.2. The van der Waals surface area contributed by atoms with Gasteiger partial charge in [0, 0.05) is 13.1 Å². The van der Waals surface area contributed by atoms with E-state index in [0.717, 1.165) is 18.9 Å². The second-order valence-electron chi connectivity index (χ2n) is 7.81. The molecule has 3 aromatic heterocycles. The molecular weight excluding hydrogens is 396 g/mol.